The van der Waals surface area contributed by atoms with Gasteiger partial charge in [0.2, 0.25) is 12.7 Å². The quantitative estimate of drug-likeness (QED) is 0.660. The zero-order chi connectivity index (χ0) is 19.2. The molecule has 0 aliphatic carbocycles. The van der Waals surface area contributed by atoms with Gasteiger partial charge in [-0.3, -0.25) is 4.79 Å². The van der Waals surface area contributed by atoms with Gasteiger partial charge in [0.25, 0.3) is 0 Å². The van der Waals surface area contributed by atoms with Gasteiger partial charge in [-0.15, -0.1) is 0 Å². The van der Waals surface area contributed by atoms with Crippen molar-refractivity contribution in [2.75, 3.05) is 39.6 Å². The third-order valence-corrected chi connectivity index (χ3v) is 4.87. The van der Waals surface area contributed by atoms with Gasteiger partial charge in [-0.05, 0) is 57.1 Å². The van der Waals surface area contributed by atoms with Crippen LogP contribution in [0.25, 0.3) is 11.3 Å². The van der Waals surface area contributed by atoms with E-state index in [-0.39, 0.29) is 25.9 Å². The van der Waals surface area contributed by atoms with Crippen LogP contribution in [0.3, 0.4) is 0 Å². The summed E-state index contributed by atoms with van der Waals surface area (Å²) in [7, 11) is 0. The highest BCUT2D eigenvalue weighted by Gasteiger charge is 2.16. The maximum atomic E-state index is 11.8. The van der Waals surface area contributed by atoms with Crippen LogP contribution in [-0.2, 0) is 16.1 Å². The molecular weight excluding hydrogens is 362 g/mol. The number of carbonyl (C=O) groups excluding carboxylic acids is 1. The number of hydrogen-bond donors (Lipinski definition) is 1. The predicted molar refractivity (Wildman–Crippen MR) is 101 cm³/mol. The average molecular weight is 387 g/mol. The second kappa shape index (κ2) is 9.07. The summed E-state index contributed by atoms with van der Waals surface area (Å²) in [4.78, 5) is 14.3. The molecule has 8 heteroatoms. The topological polar surface area (TPSA) is 86.1 Å². The van der Waals surface area contributed by atoms with E-state index in [1.807, 2.05) is 18.2 Å². The van der Waals surface area contributed by atoms with Crippen molar-refractivity contribution >= 4 is 5.91 Å². The Bertz CT molecular complexity index is 801. The molecule has 1 fully saturated rings. The lowest BCUT2D eigenvalue weighted by atomic mass is 10.1. The lowest BCUT2D eigenvalue weighted by Gasteiger charge is -2.14. The Morgan fingerprint density at radius 3 is 2.93 bits per heavy atom. The minimum absolute atomic E-state index is 0.00985. The predicted octanol–water partition coefficient (Wildman–Crippen LogP) is 2.19. The van der Waals surface area contributed by atoms with Gasteiger partial charge >= 0.3 is 0 Å². The monoisotopic (exact) mass is 387 g/mol. The van der Waals surface area contributed by atoms with E-state index in [1.165, 1.54) is 25.9 Å². The molecule has 1 amide bonds. The Morgan fingerprint density at radius 1 is 1.18 bits per heavy atom. The zero-order valence-electron chi connectivity index (χ0n) is 15.8. The van der Waals surface area contributed by atoms with Gasteiger partial charge in [0.15, 0.2) is 17.3 Å². The minimum atomic E-state index is -0.110. The molecule has 0 atom stereocenters. The summed E-state index contributed by atoms with van der Waals surface area (Å²) in [5.74, 6) is 1.91. The fourth-order valence-electron chi connectivity index (χ4n) is 3.40. The van der Waals surface area contributed by atoms with Crippen molar-refractivity contribution in [1.82, 2.24) is 15.4 Å². The Morgan fingerprint density at radius 2 is 2.04 bits per heavy atom. The van der Waals surface area contributed by atoms with Gasteiger partial charge < -0.3 is 29.0 Å². The molecule has 4 rings (SSSR count). The molecule has 150 valence electrons. The van der Waals surface area contributed by atoms with E-state index in [0.717, 1.165) is 24.3 Å². The van der Waals surface area contributed by atoms with Crippen molar-refractivity contribution in [2.24, 2.45) is 0 Å². The SMILES string of the molecule is O=C(COCc1cc(-c2ccc3c(c2)OCO3)on1)NCCCN1CCCC1. The van der Waals surface area contributed by atoms with Crippen LogP contribution in [0.5, 0.6) is 11.5 Å². The smallest absolute Gasteiger partial charge is 0.246 e. The summed E-state index contributed by atoms with van der Waals surface area (Å²) >= 11 is 0. The zero-order valence-corrected chi connectivity index (χ0v) is 15.8. The minimum Gasteiger partial charge on any atom is -0.454 e. The maximum absolute atomic E-state index is 11.8. The van der Waals surface area contributed by atoms with Gasteiger partial charge in [0, 0.05) is 18.2 Å². The first-order valence-corrected chi connectivity index (χ1v) is 9.70. The molecule has 0 saturated carbocycles. The molecule has 1 aromatic heterocycles. The number of amides is 1. The highest BCUT2D eigenvalue weighted by molar-refractivity contribution is 5.77. The van der Waals surface area contributed by atoms with Crippen LogP contribution in [0, 0.1) is 0 Å². The number of hydrogen-bond acceptors (Lipinski definition) is 7. The van der Waals surface area contributed by atoms with E-state index >= 15 is 0 Å². The molecule has 2 aromatic rings. The van der Waals surface area contributed by atoms with Crippen LogP contribution in [0.4, 0.5) is 0 Å². The van der Waals surface area contributed by atoms with Crippen molar-refractivity contribution in [2.45, 2.75) is 25.9 Å². The lowest BCUT2D eigenvalue weighted by Crippen LogP contribution is -2.31. The second-order valence-corrected chi connectivity index (χ2v) is 7.00. The van der Waals surface area contributed by atoms with E-state index in [9.17, 15) is 4.79 Å². The Kier molecular flexibility index (Phi) is 6.08. The standard InChI is InChI=1S/C20H25N3O5/c24-20(21-6-3-9-23-7-1-2-8-23)13-25-12-16-11-18(28-22-16)15-4-5-17-19(10-15)27-14-26-17/h4-5,10-11H,1-3,6-9,12-14H2,(H,21,24). The first kappa shape index (κ1) is 18.8. The summed E-state index contributed by atoms with van der Waals surface area (Å²) in [6, 6.07) is 7.37. The number of aromatic nitrogens is 1. The molecule has 1 aromatic carbocycles. The van der Waals surface area contributed by atoms with E-state index in [4.69, 9.17) is 18.7 Å². The molecule has 0 radical (unpaired) electrons. The van der Waals surface area contributed by atoms with Crippen LogP contribution in [-0.4, -0.2) is 55.5 Å². The van der Waals surface area contributed by atoms with Crippen LogP contribution in [0.2, 0.25) is 0 Å². The Labute approximate surface area is 163 Å². The molecule has 28 heavy (non-hydrogen) atoms. The van der Waals surface area contributed by atoms with E-state index < -0.39 is 0 Å². The number of ether oxygens (including phenoxy) is 3. The largest absolute Gasteiger partial charge is 0.454 e. The van der Waals surface area contributed by atoms with Crippen LogP contribution < -0.4 is 14.8 Å². The molecule has 1 N–H and O–H groups in total. The van der Waals surface area contributed by atoms with Gasteiger partial charge in [0.05, 0.1) is 6.61 Å². The molecule has 0 spiro atoms. The summed E-state index contributed by atoms with van der Waals surface area (Å²) in [5.41, 5.74) is 1.48. The number of carbonyl (C=O) groups is 1. The van der Waals surface area contributed by atoms with Gasteiger partial charge in [-0.25, -0.2) is 0 Å². The van der Waals surface area contributed by atoms with Crippen molar-refractivity contribution in [3.05, 3.63) is 30.0 Å². The molecule has 0 bridgehead atoms. The van der Waals surface area contributed by atoms with Gasteiger partial charge in [-0.2, -0.15) is 0 Å². The van der Waals surface area contributed by atoms with Crippen molar-refractivity contribution in [3.8, 4) is 22.8 Å². The number of nitrogens with zero attached hydrogens (tertiary/aromatic N) is 2. The Hall–Kier alpha value is -2.58. The van der Waals surface area contributed by atoms with E-state index in [0.29, 0.717) is 23.7 Å². The summed E-state index contributed by atoms with van der Waals surface area (Å²) in [6.07, 6.45) is 3.55. The summed E-state index contributed by atoms with van der Waals surface area (Å²) in [6.45, 7) is 4.55. The fraction of sp³-hybridized carbons (Fsp3) is 0.500. The second-order valence-electron chi connectivity index (χ2n) is 7.00. The Balaban J connectivity index is 1.16. The molecule has 8 nitrogen and oxygen atoms in total. The highest BCUT2D eigenvalue weighted by atomic mass is 16.7. The van der Waals surface area contributed by atoms with E-state index in [2.05, 4.69) is 15.4 Å². The molecule has 2 aliphatic rings. The third-order valence-electron chi connectivity index (χ3n) is 4.87. The average Bonchev–Trinajstić information content (AvgIpc) is 3.46. The van der Waals surface area contributed by atoms with Crippen LogP contribution in [0.1, 0.15) is 25.0 Å². The summed E-state index contributed by atoms with van der Waals surface area (Å²) in [5, 5.41) is 6.88. The molecule has 0 unspecified atom stereocenters. The molecule has 1 saturated heterocycles. The fourth-order valence-corrected chi connectivity index (χ4v) is 3.40. The first-order valence-electron chi connectivity index (χ1n) is 9.70. The van der Waals surface area contributed by atoms with Crippen LogP contribution >= 0.6 is 0 Å². The number of rotatable bonds is 9. The highest BCUT2D eigenvalue weighted by Crippen LogP contribution is 2.36. The van der Waals surface area contributed by atoms with Crippen molar-refractivity contribution in [1.29, 1.82) is 0 Å². The first-order chi connectivity index (χ1) is 13.8. The molecular formula is C20H25N3O5. The number of likely N-dealkylation sites (tertiary alicyclic amines) is 1. The third kappa shape index (κ3) is 4.82. The number of fused-ring (bicyclic) bond motifs is 1. The normalized spacial score (nSPS) is 15.9. The molecule has 3 heterocycles. The maximum Gasteiger partial charge on any atom is 0.246 e. The number of benzene rings is 1. The van der Waals surface area contributed by atoms with Crippen molar-refractivity contribution in [3.63, 3.8) is 0 Å². The van der Waals surface area contributed by atoms with Crippen LogP contribution in [0.15, 0.2) is 28.8 Å². The lowest BCUT2D eigenvalue weighted by molar-refractivity contribution is -0.126. The van der Waals surface area contributed by atoms with Gasteiger partial charge in [-0.1, -0.05) is 5.16 Å². The van der Waals surface area contributed by atoms with E-state index in [1.54, 1.807) is 6.07 Å². The number of nitrogens with one attached hydrogen (secondary N) is 1. The summed E-state index contributed by atoms with van der Waals surface area (Å²) < 4.78 is 21.5. The van der Waals surface area contributed by atoms with Crippen molar-refractivity contribution < 1.29 is 23.5 Å². The van der Waals surface area contributed by atoms with Gasteiger partial charge in [0.1, 0.15) is 12.3 Å². The molecule has 2 aliphatic heterocycles.